The second-order valence-electron chi connectivity index (χ2n) is 4.89. The van der Waals surface area contributed by atoms with E-state index in [1.54, 1.807) is 30.3 Å². The number of nitriles is 3. The van der Waals surface area contributed by atoms with Crippen LogP contribution in [0.2, 0.25) is 0 Å². The fourth-order valence-corrected chi connectivity index (χ4v) is 2.69. The third-order valence-electron chi connectivity index (χ3n) is 3.22. The summed E-state index contributed by atoms with van der Waals surface area (Å²) in [5.41, 5.74) is 0.246. The Balaban J connectivity index is 2.07. The summed E-state index contributed by atoms with van der Waals surface area (Å²) in [5.74, 6) is 1.94. The molecule has 0 fully saturated rings. The Morgan fingerprint density at radius 2 is 1.59 bits per heavy atom. The van der Waals surface area contributed by atoms with Crippen LogP contribution >= 0.6 is 11.8 Å². The maximum atomic E-state index is 9.06. The molecule has 1 aromatic heterocycles. The SMILES string of the molecule is COc1cc(OC)nc(CSc2ccc(NC(C#N)=C(C#N)C#N)cc2)n1. The van der Waals surface area contributed by atoms with Crippen molar-refractivity contribution in [2.45, 2.75) is 10.6 Å². The lowest BCUT2D eigenvalue weighted by molar-refractivity contribution is 0.369. The van der Waals surface area contributed by atoms with Crippen molar-refractivity contribution in [3.63, 3.8) is 0 Å². The molecule has 9 heteroatoms. The molecule has 0 spiro atoms. The molecule has 0 aliphatic carbocycles. The van der Waals surface area contributed by atoms with Crippen molar-refractivity contribution in [2.75, 3.05) is 19.5 Å². The third-order valence-corrected chi connectivity index (χ3v) is 4.23. The molecule has 8 nitrogen and oxygen atoms in total. The summed E-state index contributed by atoms with van der Waals surface area (Å²) in [6.07, 6.45) is 0. The zero-order chi connectivity index (χ0) is 19.6. The van der Waals surface area contributed by atoms with Crippen LogP contribution in [0.5, 0.6) is 11.8 Å². The Labute approximate surface area is 160 Å². The fourth-order valence-electron chi connectivity index (χ4n) is 1.93. The van der Waals surface area contributed by atoms with Gasteiger partial charge in [0.15, 0.2) is 5.57 Å². The molecule has 134 valence electrons. The summed E-state index contributed by atoms with van der Waals surface area (Å²) in [5, 5.41) is 29.5. The number of allylic oxidation sites excluding steroid dienone is 2. The van der Waals surface area contributed by atoms with Crippen LogP contribution in [0.1, 0.15) is 5.82 Å². The average Bonchev–Trinajstić information content (AvgIpc) is 2.72. The first-order valence-corrected chi connectivity index (χ1v) is 8.52. The largest absolute Gasteiger partial charge is 0.481 e. The number of aromatic nitrogens is 2. The van der Waals surface area contributed by atoms with Crippen LogP contribution in [0.15, 0.2) is 46.5 Å². The van der Waals surface area contributed by atoms with E-state index in [1.807, 2.05) is 18.2 Å². The summed E-state index contributed by atoms with van der Waals surface area (Å²) < 4.78 is 10.3. The van der Waals surface area contributed by atoms with Gasteiger partial charge in [-0.3, -0.25) is 0 Å². The van der Waals surface area contributed by atoms with E-state index in [4.69, 9.17) is 25.3 Å². The van der Waals surface area contributed by atoms with Gasteiger partial charge in [-0.1, -0.05) is 0 Å². The second kappa shape index (κ2) is 9.67. The number of nitrogens with one attached hydrogen (secondary N) is 1. The smallest absolute Gasteiger partial charge is 0.220 e. The standard InChI is InChI=1S/C18H14N6O2S/c1-25-17-7-18(26-2)24-16(23-17)11-27-14-5-3-13(4-6-14)22-15(10-21)12(8-19)9-20/h3-7,22H,11H2,1-2H3. The van der Waals surface area contributed by atoms with Crippen LogP contribution in [0, 0.1) is 34.0 Å². The van der Waals surface area contributed by atoms with Gasteiger partial charge in [0.2, 0.25) is 11.8 Å². The molecule has 0 radical (unpaired) electrons. The maximum absolute atomic E-state index is 9.06. The molecule has 0 aliphatic rings. The number of ether oxygens (including phenoxy) is 2. The summed E-state index contributed by atoms with van der Waals surface area (Å²) in [6, 6.07) is 14.0. The summed E-state index contributed by atoms with van der Waals surface area (Å²) in [4.78, 5) is 9.50. The predicted octanol–water partition coefficient (Wildman–Crippen LogP) is 3.02. The predicted molar refractivity (Wildman–Crippen MR) is 98.6 cm³/mol. The molecule has 0 amide bonds. The highest BCUT2D eigenvalue weighted by molar-refractivity contribution is 7.98. The molecular weight excluding hydrogens is 364 g/mol. The Bertz CT molecular complexity index is 929. The molecule has 2 aromatic rings. The molecular formula is C18H14N6O2S. The van der Waals surface area contributed by atoms with Crippen molar-refractivity contribution in [2.24, 2.45) is 0 Å². The quantitative estimate of drug-likeness (QED) is 0.571. The Morgan fingerprint density at radius 1 is 1.00 bits per heavy atom. The minimum Gasteiger partial charge on any atom is -0.481 e. The van der Waals surface area contributed by atoms with E-state index in [0.29, 0.717) is 29.0 Å². The van der Waals surface area contributed by atoms with Gasteiger partial charge in [0, 0.05) is 10.6 Å². The van der Waals surface area contributed by atoms with Gasteiger partial charge in [-0.25, -0.2) is 0 Å². The summed E-state index contributed by atoms with van der Waals surface area (Å²) in [6.45, 7) is 0. The van der Waals surface area contributed by atoms with Crippen LogP contribution in [0.3, 0.4) is 0 Å². The van der Waals surface area contributed by atoms with Crippen molar-refractivity contribution < 1.29 is 9.47 Å². The highest BCUT2D eigenvalue weighted by Gasteiger charge is 2.08. The molecule has 0 saturated carbocycles. The molecule has 0 atom stereocenters. The molecule has 1 heterocycles. The topological polar surface area (TPSA) is 128 Å². The van der Waals surface area contributed by atoms with Crippen molar-refractivity contribution >= 4 is 17.4 Å². The van der Waals surface area contributed by atoms with Gasteiger partial charge in [0.1, 0.15) is 29.7 Å². The second-order valence-corrected chi connectivity index (χ2v) is 5.94. The number of rotatable bonds is 7. The van der Waals surface area contributed by atoms with Gasteiger partial charge < -0.3 is 14.8 Å². The molecule has 1 N–H and O–H groups in total. The first-order chi connectivity index (χ1) is 13.1. The number of hydrogen-bond donors (Lipinski definition) is 1. The van der Waals surface area contributed by atoms with Crippen LogP contribution < -0.4 is 14.8 Å². The summed E-state index contributed by atoms with van der Waals surface area (Å²) >= 11 is 1.51. The number of benzene rings is 1. The third kappa shape index (κ3) is 5.37. The number of hydrogen-bond acceptors (Lipinski definition) is 9. The number of anilines is 1. The van der Waals surface area contributed by atoms with E-state index in [9.17, 15) is 0 Å². The minimum absolute atomic E-state index is 0.0859. The van der Waals surface area contributed by atoms with Crippen LogP contribution in [0.25, 0.3) is 0 Å². The zero-order valence-electron chi connectivity index (χ0n) is 14.6. The van der Waals surface area contributed by atoms with E-state index < -0.39 is 0 Å². The van der Waals surface area contributed by atoms with Gasteiger partial charge in [-0.2, -0.15) is 25.8 Å². The van der Waals surface area contributed by atoms with E-state index >= 15 is 0 Å². The van der Waals surface area contributed by atoms with Crippen LogP contribution in [-0.2, 0) is 5.75 Å². The van der Waals surface area contributed by atoms with Crippen molar-refractivity contribution in [1.29, 1.82) is 15.8 Å². The molecule has 2 rings (SSSR count). The van der Waals surface area contributed by atoms with Gasteiger partial charge in [-0.05, 0) is 24.3 Å². The van der Waals surface area contributed by atoms with Crippen molar-refractivity contribution in [3.8, 4) is 30.0 Å². The van der Waals surface area contributed by atoms with E-state index in [0.717, 1.165) is 4.90 Å². The van der Waals surface area contributed by atoms with Gasteiger partial charge >= 0.3 is 0 Å². The molecule has 1 aromatic carbocycles. The molecule has 0 bridgehead atoms. The highest BCUT2D eigenvalue weighted by atomic mass is 32.2. The van der Waals surface area contributed by atoms with Crippen molar-refractivity contribution in [3.05, 3.63) is 47.4 Å². The average molecular weight is 378 g/mol. The Kier molecular flexibility index (Phi) is 7.01. The first-order valence-electron chi connectivity index (χ1n) is 7.54. The lowest BCUT2D eigenvalue weighted by Crippen LogP contribution is -2.00. The highest BCUT2D eigenvalue weighted by Crippen LogP contribution is 2.25. The zero-order valence-corrected chi connectivity index (χ0v) is 15.4. The number of methoxy groups -OCH3 is 2. The Morgan fingerprint density at radius 3 is 2.07 bits per heavy atom. The van der Waals surface area contributed by atoms with Crippen LogP contribution in [0.4, 0.5) is 5.69 Å². The fraction of sp³-hybridized carbons (Fsp3) is 0.167. The lowest BCUT2D eigenvalue weighted by atomic mass is 10.2. The van der Waals surface area contributed by atoms with Crippen molar-refractivity contribution in [1.82, 2.24) is 9.97 Å². The number of thioether (sulfide) groups is 1. The van der Waals surface area contributed by atoms with E-state index in [2.05, 4.69) is 15.3 Å². The summed E-state index contributed by atoms with van der Waals surface area (Å²) in [7, 11) is 3.05. The molecule has 27 heavy (non-hydrogen) atoms. The van der Waals surface area contributed by atoms with Gasteiger partial charge in [0.05, 0.1) is 26.0 Å². The lowest BCUT2D eigenvalue weighted by Gasteiger charge is -2.07. The van der Waals surface area contributed by atoms with E-state index in [-0.39, 0.29) is 11.3 Å². The van der Waals surface area contributed by atoms with Gasteiger partial charge in [-0.15, -0.1) is 11.8 Å². The number of nitrogens with zero attached hydrogens (tertiary/aromatic N) is 5. The van der Waals surface area contributed by atoms with Gasteiger partial charge in [0.25, 0.3) is 0 Å². The molecule has 0 saturated heterocycles. The minimum atomic E-state index is -0.264. The Hall–Kier alpha value is -3.74. The monoisotopic (exact) mass is 378 g/mol. The van der Waals surface area contributed by atoms with E-state index in [1.165, 1.54) is 26.0 Å². The molecule has 0 unspecified atom stereocenters. The molecule has 0 aliphatic heterocycles. The van der Waals surface area contributed by atoms with Crippen LogP contribution in [-0.4, -0.2) is 24.2 Å². The first kappa shape index (κ1) is 19.6. The maximum Gasteiger partial charge on any atom is 0.220 e. The normalized spacial score (nSPS) is 9.30.